The molecule has 332 valence electrons. The highest BCUT2D eigenvalue weighted by atomic mass is 79.9. The zero-order chi connectivity index (χ0) is 45.1. The monoisotopic (exact) mass is 942 g/mol. The maximum Gasteiger partial charge on any atom is 0.0591 e. The summed E-state index contributed by atoms with van der Waals surface area (Å²) in [6, 6.07) is 28.6. The van der Waals surface area contributed by atoms with Gasteiger partial charge in [0, 0.05) is 21.5 Å². The molecule has 0 aliphatic heterocycles. The first-order valence-corrected chi connectivity index (χ1v) is 25.6. The van der Waals surface area contributed by atoms with Crippen molar-refractivity contribution < 1.29 is 5.11 Å². The fourth-order valence-corrected chi connectivity index (χ4v) is 10.2. The van der Waals surface area contributed by atoms with E-state index in [4.69, 9.17) is 0 Å². The Hall–Kier alpha value is -2.20. The largest absolute Gasteiger partial charge is 0.393 e. The second-order valence-electron chi connectivity index (χ2n) is 20.2. The molecule has 1 N–H and O–H groups in total. The van der Waals surface area contributed by atoms with Crippen LogP contribution in [0.1, 0.15) is 181 Å². The van der Waals surface area contributed by atoms with Crippen LogP contribution < -0.4 is 0 Å². The number of aliphatic hydroxyl groups excluding tert-OH is 1. The van der Waals surface area contributed by atoms with E-state index in [0.717, 1.165) is 67.9 Å². The Morgan fingerprint density at radius 3 is 0.967 bits per heavy atom. The van der Waals surface area contributed by atoms with Gasteiger partial charge in [-0.25, -0.2) is 0 Å². The lowest BCUT2D eigenvalue weighted by Crippen LogP contribution is -2.27. The maximum atomic E-state index is 10.4. The van der Waals surface area contributed by atoms with Crippen molar-refractivity contribution >= 4 is 31.9 Å². The number of benzene rings is 4. The minimum atomic E-state index is -0.275. The summed E-state index contributed by atoms with van der Waals surface area (Å²) in [5.74, 6) is 0.725. The van der Waals surface area contributed by atoms with Crippen LogP contribution in [0.2, 0.25) is 0 Å². The zero-order valence-electron chi connectivity index (χ0n) is 40.8. The van der Waals surface area contributed by atoms with Crippen molar-refractivity contribution in [1.82, 2.24) is 0 Å². The molecule has 0 bridgehead atoms. The average molecular weight is 945 g/mol. The van der Waals surface area contributed by atoms with Gasteiger partial charge in [0.1, 0.15) is 0 Å². The third-order valence-corrected chi connectivity index (χ3v) is 15.5. The highest BCUT2D eigenvalue weighted by Crippen LogP contribution is 2.42. The lowest BCUT2D eigenvalue weighted by atomic mass is 9.69. The van der Waals surface area contributed by atoms with Gasteiger partial charge in [0.05, 0.1) is 6.10 Å². The van der Waals surface area contributed by atoms with Crippen LogP contribution in [0.4, 0.5) is 0 Å². The minimum Gasteiger partial charge on any atom is -0.393 e. The molecular weight excluding hydrogens is 860 g/mol. The number of alkyl halides is 2. The zero-order valence-corrected chi connectivity index (χ0v) is 43.9. The van der Waals surface area contributed by atoms with E-state index in [1.165, 1.54) is 79.6 Å². The Morgan fingerprint density at radius 2 is 0.733 bits per heavy atom. The molecule has 0 aliphatic rings. The summed E-state index contributed by atoms with van der Waals surface area (Å²) in [5, 5.41) is 12.5. The molecule has 2 unspecified atom stereocenters. The van der Waals surface area contributed by atoms with E-state index in [9.17, 15) is 5.11 Å². The molecule has 0 spiro atoms. The van der Waals surface area contributed by atoms with Crippen molar-refractivity contribution in [3.63, 3.8) is 0 Å². The van der Waals surface area contributed by atoms with Crippen LogP contribution in [0, 0.1) is 44.4 Å². The van der Waals surface area contributed by atoms with Crippen molar-refractivity contribution in [2.75, 3.05) is 10.7 Å². The van der Waals surface area contributed by atoms with Gasteiger partial charge < -0.3 is 5.11 Å². The number of halogens is 2. The van der Waals surface area contributed by atoms with Gasteiger partial charge in [-0.3, -0.25) is 0 Å². The van der Waals surface area contributed by atoms with E-state index in [1.807, 2.05) is 0 Å². The summed E-state index contributed by atoms with van der Waals surface area (Å²) in [5.41, 5.74) is 17.6. The topological polar surface area (TPSA) is 20.2 Å². The minimum absolute atomic E-state index is 0.0475. The van der Waals surface area contributed by atoms with Crippen molar-refractivity contribution in [3.8, 4) is 0 Å². The molecule has 1 nitrogen and oxygen atoms in total. The SMILES string of the molecule is CCC(CC)(c1ccc(CCBr)c(C)c1)c1ccc(CCC(C)C(C)(C)C)c(C)c1.CCC(CC)(c1ccc(CCBr)c(C)c1)c1ccc(CCC(O)C(C)(C)C)c(C)c1. The molecule has 0 aromatic heterocycles. The molecule has 60 heavy (non-hydrogen) atoms. The van der Waals surface area contributed by atoms with Crippen LogP contribution in [-0.2, 0) is 36.5 Å². The standard InChI is InChI=1S/C29H43Br.C28H41BrO/c1-9-29(10-2,27-16-14-25(17-18-30)22(4)20-27)26-15-13-24(21(3)19-26)12-11-23(5)28(6,7)8;1-8-28(9-2,25-14-11-23(16-17-29)21(4)19-25)24-13-10-22(20(3)18-24)12-15-26(30)27(5,6)7/h13-16,19-20,23H,9-12,17-18H2,1-8H3;10-11,13-14,18-19,26,30H,8-9,12,15-17H2,1-7H3. The molecule has 0 saturated heterocycles. The van der Waals surface area contributed by atoms with Gasteiger partial charge in [0.2, 0.25) is 0 Å². The van der Waals surface area contributed by atoms with Crippen molar-refractivity contribution in [2.24, 2.45) is 16.7 Å². The first kappa shape index (κ1) is 52.1. The summed E-state index contributed by atoms with van der Waals surface area (Å²) in [7, 11) is 0. The Balaban J connectivity index is 0.000000320. The summed E-state index contributed by atoms with van der Waals surface area (Å²) < 4.78 is 0. The van der Waals surface area contributed by atoms with Crippen LogP contribution in [0.5, 0.6) is 0 Å². The molecule has 2 atom stereocenters. The fraction of sp³-hybridized carbons (Fsp3) is 0.579. The molecule has 0 amide bonds. The van der Waals surface area contributed by atoms with Gasteiger partial charge >= 0.3 is 0 Å². The summed E-state index contributed by atoms with van der Waals surface area (Å²) in [4.78, 5) is 0. The predicted octanol–water partition coefficient (Wildman–Crippen LogP) is 16.6. The lowest BCUT2D eigenvalue weighted by Gasteiger charge is -2.34. The molecule has 4 rings (SSSR count). The fourth-order valence-electron chi connectivity index (χ4n) is 9.30. The van der Waals surface area contributed by atoms with Gasteiger partial charge in [-0.2, -0.15) is 0 Å². The highest BCUT2D eigenvalue weighted by Gasteiger charge is 2.33. The van der Waals surface area contributed by atoms with Crippen LogP contribution in [0.15, 0.2) is 72.8 Å². The normalized spacial score (nSPS) is 13.5. The first-order valence-electron chi connectivity index (χ1n) is 23.4. The van der Waals surface area contributed by atoms with E-state index in [0.29, 0.717) is 5.41 Å². The summed E-state index contributed by atoms with van der Waals surface area (Å²) >= 11 is 7.16. The van der Waals surface area contributed by atoms with Gasteiger partial charge in [0.15, 0.2) is 0 Å². The Labute approximate surface area is 386 Å². The van der Waals surface area contributed by atoms with Crippen LogP contribution in [0.25, 0.3) is 0 Å². The van der Waals surface area contributed by atoms with Gasteiger partial charge in [-0.1, -0.05) is 181 Å². The average Bonchev–Trinajstić information content (AvgIpc) is 3.20. The van der Waals surface area contributed by atoms with Crippen LogP contribution in [0.3, 0.4) is 0 Å². The lowest BCUT2D eigenvalue weighted by molar-refractivity contribution is 0.0560. The molecule has 0 fully saturated rings. The van der Waals surface area contributed by atoms with E-state index < -0.39 is 0 Å². The second kappa shape index (κ2) is 22.9. The smallest absolute Gasteiger partial charge is 0.0591 e. The highest BCUT2D eigenvalue weighted by molar-refractivity contribution is 9.09. The summed E-state index contributed by atoms with van der Waals surface area (Å²) in [6.45, 7) is 34.1. The molecule has 0 radical (unpaired) electrons. The number of aliphatic hydroxyl groups is 1. The quantitative estimate of drug-likeness (QED) is 0.0986. The number of aryl methyl sites for hydroxylation is 8. The number of hydrogen-bond acceptors (Lipinski definition) is 1. The molecule has 0 aliphatic carbocycles. The van der Waals surface area contributed by atoms with E-state index in [2.05, 4.69) is 209 Å². The van der Waals surface area contributed by atoms with Crippen molar-refractivity contribution in [1.29, 1.82) is 0 Å². The Bertz CT molecular complexity index is 1790. The Morgan fingerprint density at radius 1 is 0.450 bits per heavy atom. The third kappa shape index (κ3) is 12.9. The van der Waals surface area contributed by atoms with Crippen LogP contribution in [-0.4, -0.2) is 21.9 Å². The number of rotatable bonds is 18. The Kier molecular flexibility index (Phi) is 19.9. The van der Waals surface area contributed by atoms with E-state index in [1.54, 1.807) is 0 Å². The van der Waals surface area contributed by atoms with E-state index >= 15 is 0 Å². The maximum absolute atomic E-state index is 10.4. The van der Waals surface area contributed by atoms with Crippen LogP contribution >= 0.6 is 31.9 Å². The van der Waals surface area contributed by atoms with Crippen molar-refractivity contribution in [2.45, 2.75) is 185 Å². The molecule has 4 aromatic carbocycles. The van der Waals surface area contributed by atoms with Gasteiger partial charge in [-0.05, 0) is 175 Å². The molecular formula is C57H84Br2O. The second-order valence-corrected chi connectivity index (χ2v) is 21.8. The molecule has 4 aromatic rings. The van der Waals surface area contributed by atoms with E-state index in [-0.39, 0.29) is 22.3 Å². The third-order valence-electron chi connectivity index (χ3n) is 14.7. The van der Waals surface area contributed by atoms with Gasteiger partial charge in [-0.15, -0.1) is 0 Å². The van der Waals surface area contributed by atoms with Gasteiger partial charge in [0.25, 0.3) is 0 Å². The number of hydrogen-bond donors (Lipinski definition) is 1. The van der Waals surface area contributed by atoms with Crippen molar-refractivity contribution in [3.05, 3.63) is 140 Å². The first-order chi connectivity index (χ1) is 28.2. The molecule has 0 heterocycles. The molecule has 0 saturated carbocycles. The summed E-state index contributed by atoms with van der Waals surface area (Å²) in [6.07, 6.45) is 10.5. The predicted molar refractivity (Wildman–Crippen MR) is 273 cm³/mol. The molecule has 3 heteroatoms.